The molecule has 0 heterocycles. The summed E-state index contributed by atoms with van der Waals surface area (Å²) in [4.78, 5) is 0. The first-order valence-corrected chi connectivity index (χ1v) is 6.10. The summed E-state index contributed by atoms with van der Waals surface area (Å²) < 4.78 is 26.3. The topological polar surface area (TPSA) is 0 Å². The van der Waals surface area contributed by atoms with Crippen molar-refractivity contribution in [3.05, 3.63) is 34.4 Å². The molecule has 1 saturated carbocycles. The van der Waals surface area contributed by atoms with E-state index in [9.17, 15) is 8.78 Å². The van der Waals surface area contributed by atoms with Crippen LogP contribution in [0.15, 0.2) is 12.1 Å². The molecule has 3 heteroatoms. The molecule has 0 aromatic heterocycles. The Hall–Kier alpha value is -0.630. The average molecular weight is 245 g/mol. The van der Waals surface area contributed by atoms with Gasteiger partial charge in [-0.25, -0.2) is 8.78 Å². The van der Waals surface area contributed by atoms with E-state index in [0.717, 1.165) is 24.8 Å². The van der Waals surface area contributed by atoms with E-state index in [2.05, 4.69) is 6.92 Å². The maximum Gasteiger partial charge on any atom is 0.177 e. The fourth-order valence-electron chi connectivity index (χ4n) is 2.57. The predicted octanol–water partition coefficient (Wildman–Crippen LogP) is 4.91. The number of benzene rings is 1. The Morgan fingerprint density at radius 1 is 1.25 bits per heavy atom. The monoisotopic (exact) mass is 244 g/mol. The van der Waals surface area contributed by atoms with Crippen molar-refractivity contribution in [1.29, 1.82) is 0 Å². The van der Waals surface area contributed by atoms with E-state index in [1.54, 1.807) is 6.07 Å². The predicted molar refractivity (Wildman–Crippen MR) is 61.7 cm³/mol. The van der Waals surface area contributed by atoms with Gasteiger partial charge in [-0.05, 0) is 36.3 Å². The molecule has 1 fully saturated rings. The van der Waals surface area contributed by atoms with Crippen molar-refractivity contribution in [2.75, 3.05) is 0 Å². The molecule has 2 rings (SSSR count). The van der Waals surface area contributed by atoms with E-state index < -0.39 is 11.6 Å². The molecule has 1 aliphatic carbocycles. The largest absolute Gasteiger partial charge is 0.204 e. The molecule has 1 aromatic rings. The van der Waals surface area contributed by atoms with Gasteiger partial charge in [-0.2, -0.15) is 0 Å². The Morgan fingerprint density at radius 3 is 2.69 bits per heavy atom. The molecule has 0 nitrogen and oxygen atoms in total. The van der Waals surface area contributed by atoms with Gasteiger partial charge in [0.05, 0.1) is 5.02 Å². The van der Waals surface area contributed by atoms with Crippen LogP contribution in [0.5, 0.6) is 0 Å². The summed E-state index contributed by atoms with van der Waals surface area (Å²) in [5.41, 5.74) is 0.770. The minimum Gasteiger partial charge on any atom is -0.204 e. The van der Waals surface area contributed by atoms with Gasteiger partial charge in [0.2, 0.25) is 0 Å². The fourth-order valence-corrected chi connectivity index (χ4v) is 2.88. The summed E-state index contributed by atoms with van der Waals surface area (Å²) in [6.45, 7) is 2.19. The van der Waals surface area contributed by atoms with Crippen molar-refractivity contribution in [3.63, 3.8) is 0 Å². The van der Waals surface area contributed by atoms with Crippen LogP contribution in [0.4, 0.5) is 8.78 Å². The quantitative estimate of drug-likeness (QED) is 0.616. The van der Waals surface area contributed by atoms with Crippen molar-refractivity contribution >= 4 is 11.6 Å². The Balaban J connectivity index is 2.29. The molecule has 0 unspecified atom stereocenters. The maximum atomic E-state index is 13.3. The highest BCUT2D eigenvalue weighted by molar-refractivity contribution is 6.31. The lowest BCUT2D eigenvalue weighted by Crippen LogP contribution is -2.12. The van der Waals surface area contributed by atoms with Crippen LogP contribution in [-0.2, 0) is 0 Å². The lowest BCUT2D eigenvalue weighted by Gasteiger charge is -2.27. The summed E-state index contributed by atoms with van der Waals surface area (Å²) in [5.74, 6) is -0.843. The summed E-state index contributed by atoms with van der Waals surface area (Å²) in [7, 11) is 0. The minimum absolute atomic E-state index is 0.0286. The normalized spacial score (nSPS) is 25.8. The fraction of sp³-hybridized carbons (Fsp3) is 0.538. The van der Waals surface area contributed by atoms with Crippen molar-refractivity contribution in [1.82, 2.24) is 0 Å². The lowest BCUT2D eigenvalue weighted by atomic mass is 9.79. The second kappa shape index (κ2) is 4.70. The number of rotatable bonds is 1. The lowest BCUT2D eigenvalue weighted by molar-refractivity contribution is 0.343. The Kier molecular flexibility index (Phi) is 3.48. The van der Waals surface area contributed by atoms with Crippen molar-refractivity contribution in [3.8, 4) is 0 Å². The van der Waals surface area contributed by atoms with Gasteiger partial charge < -0.3 is 0 Å². The highest BCUT2D eigenvalue weighted by Gasteiger charge is 2.24. The van der Waals surface area contributed by atoms with Gasteiger partial charge in [-0.1, -0.05) is 37.4 Å². The summed E-state index contributed by atoms with van der Waals surface area (Å²) in [6, 6.07) is 2.80. The van der Waals surface area contributed by atoms with Gasteiger partial charge in [0.15, 0.2) is 11.6 Å². The van der Waals surface area contributed by atoms with Crippen LogP contribution in [0, 0.1) is 17.6 Å². The van der Waals surface area contributed by atoms with E-state index in [1.807, 2.05) is 0 Å². The van der Waals surface area contributed by atoms with Gasteiger partial charge in [0, 0.05) is 0 Å². The van der Waals surface area contributed by atoms with Gasteiger partial charge in [-0.15, -0.1) is 0 Å². The molecular formula is C13H15ClF2. The number of hydrogen-bond acceptors (Lipinski definition) is 0. The van der Waals surface area contributed by atoms with Gasteiger partial charge in [-0.3, -0.25) is 0 Å². The first-order chi connectivity index (χ1) is 7.59. The van der Waals surface area contributed by atoms with E-state index in [0.29, 0.717) is 5.92 Å². The third-order valence-corrected chi connectivity index (χ3v) is 3.83. The molecule has 0 bridgehead atoms. The molecular weight excluding hydrogens is 230 g/mol. The summed E-state index contributed by atoms with van der Waals surface area (Å²) in [5, 5.41) is -0.0286. The zero-order valence-electron chi connectivity index (χ0n) is 9.27. The van der Waals surface area contributed by atoms with E-state index in [1.165, 1.54) is 12.5 Å². The second-order valence-corrected chi connectivity index (χ2v) is 5.11. The first kappa shape index (κ1) is 11.8. The SMILES string of the molecule is C[C@H]1CCC[C@@H](c2ccc(F)c(F)c2Cl)C1. The Morgan fingerprint density at radius 2 is 2.00 bits per heavy atom. The second-order valence-electron chi connectivity index (χ2n) is 4.73. The molecule has 88 valence electrons. The summed E-state index contributed by atoms with van der Waals surface area (Å²) in [6.07, 6.45) is 4.40. The smallest absolute Gasteiger partial charge is 0.177 e. The Labute approximate surface area is 99.6 Å². The number of hydrogen-bond donors (Lipinski definition) is 0. The van der Waals surface area contributed by atoms with E-state index in [-0.39, 0.29) is 10.9 Å². The van der Waals surface area contributed by atoms with Crippen LogP contribution in [0.1, 0.15) is 44.1 Å². The highest BCUT2D eigenvalue weighted by atomic mass is 35.5. The third-order valence-electron chi connectivity index (χ3n) is 3.44. The van der Waals surface area contributed by atoms with Crippen LogP contribution in [-0.4, -0.2) is 0 Å². The average Bonchev–Trinajstić information content (AvgIpc) is 2.26. The van der Waals surface area contributed by atoms with Crippen LogP contribution < -0.4 is 0 Å². The molecule has 0 N–H and O–H groups in total. The molecule has 0 aliphatic heterocycles. The van der Waals surface area contributed by atoms with Crippen LogP contribution >= 0.6 is 11.6 Å². The molecule has 0 saturated heterocycles. The van der Waals surface area contributed by atoms with Gasteiger partial charge in [0.25, 0.3) is 0 Å². The first-order valence-electron chi connectivity index (χ1n) is 5.73. The van der Waals surface area contributed by atoms with Crippen LogP contribution in [0.2, 0.25) is 5.02 Å². The molecule has 1 aliphatic rings. The molecule has 1 aromatic carbocycles. The maximum absolute atomic E-state index is 13.3. The van der Waals surface area contributed by atoms with Crippen molar-refractivity contribution < 1.29 is 8.78 Å². The zero-order chi connectivity index (χ0) is 11.7. The summed E-state index contributed by atoms with van der Waals surface area (Å²) >= 11 is 5.86. The third kappa shape index (κ3) is 2.22. The van der Waals surface area contributed by atoms with Crippen molar-refractivity contribution in [2.24, 2.45) is 5.92 Å². The molecule has 0 amide bonds. The zero-order valence-corrected chi connectivity index (χ0v) is 10.0. The number of halogens is 3. The molecule has 0 spiro atoms. The minimum atomic E-state index is -0.905. The van der Waals surface area contributed by atoms with Gasteiger partial charge >= 0.3 is 0 Å². The van der Waals surface area contributed by atoms with Crippen LogP contribution in [0.25, 0.3) is 0 Å². The Bertz CT molecular complexity index is 390. The molecule has 2 atom stereocenters. The highest BCUT2D eigenvalue weighted by Crippen LogP contribution is 2.39. The standard InChI is InChI=1S/C13H15ClF2/c1-8-3-2-4-9(7-8)10-5-6-11(15)13(16)12(10)14/h5-6,8-9H,2-4,7H2,1H3/t8-,9+/m0/s1. The van der Waals surface area contributed by atoms with E-state index in [4.69, 9.17) is 11.6 Å². The van der Waals surface area contributed by atoms with E-state index >= 15 is 0 Å². The van der Waals surface area contributed by atoms with Crippen molar-refractivity contribution in [2.45, 2.75) is 38.5 Å². The molecule has 16 heavy (non-hydrogen) atoms. The van der Waals surface area contributed by atoms with Crippen LogP contribution in [0.3, 0.4) is 0 Å². The van der Waals surface area contributed by atoms with Gasteiger partial charge in [0.1, 0.15) is 0 Å². The molecule has 0 radical (unpaired) electrons.